The Morgan fingerprint density at radius 1 is 1.20 bits per heavy atom. The molecule has 0 spiro atoms. The fraction of sp³-hybridized carbons (Fsp3) is 0.227. The van der Waals surface area contributed by atoms with Crippen molar-refractivity contribution < 1.29 is 9.53 Å². The Balaban J connectivity index is 1.85. The van der Waals surface area contributed by atoms with Crippen LogP contribution < -0.4 is 0 Å². The van der Waals surface area contributed by atoms with E-state index in [0.717, 1.165) is 32.1 Å². The number of fused-ring (bicyclic) bond motifs is 1. The Bertz CT molecular complexity index is 1250. The molecule has 0 aliphatic carbocycles. The van der Waals surface area contributed by atoms with Crippen molar-refractivity contribution in [3.8, 4) is 5.69 Å². The maximum Gasteiger partial charge on any atom is 0.339 e. The molecule has 4 aromatic rings. The molecule has 1 aromatic carbocycles. The van der Waals surface area contributed by atoms with Crippen LogP contribution in [0, 0.1) is 6.92 Å². The highest BCUT2D eigenvalue weighted by atomic mass is 35.5. The summed E-state index contributed by atoms with van der Waals surface area (Å²) in [6.07, 6.45) is 7.14. The van der Waals surface area contributed by atoms with Gasteiger partial charge < -0.3 is 9.30 Å². The van der Waals surface area contributed by atoms with Gasteiger partial charge in [0.05, 0.1) is 30.1 Å². The number of hydrogen-bond acceptors (Lipinski definition) is 5. The normalized spacial score (nSPS) is 11.4. The van der Waals surface area contributed by atoms with Gasteiger partial charge in [0.15, 0.2) is 0 Å². The molecule has 0 atom stereocenters. The average molecular weight is 441 g/mol. The lowest BCUT2D eigenvalue weighted by Gasteiger charge is -2.07. The molecule has 0 fully saturated rings. The Morgan fingerprint density at radius 2 is 2.00 bits per heavy atom. The molecular weight excluding hydrogens is 420 g/mol. The van der Waals surface area contributed by atoms with E-state index >= 15 is 0 Å². The Morgan fingerprint density at radius 3 is 2.70 bits per heavy atom. The monoisotopic (exact) mass is 440 g/mol. The standard InChI is InChI=1S/C22H21ClN4O2S/c1-13(2)26-12-17(10-25-26)27-14(3)21(19-6-5-16(23)8-20(19)27)30-18-7-15(9-24-11-18)22(28)29-4/h5-13H,1-4H3. The smallest absolute Gasteiger partial charge is 0.339 e. The van der Waals surface area contributed by atoms with Gasteiger partial charge in [-0.1, -0.05) is 29.4 Å². The summed E-state index contributed by atoms with van der Waals surface area (Å²) in [6.45, 7) is 6.26. The highest BCUT2D eigenvalue weighted by Crippen LogP contribution is 2.40. The van der Waals surface area contributed by atoms with Crippen molar-refractivity contribution in [1.29, 1.82) is 0 Å². The zero-order chi connectivity index (χ0) is 21.4. The Hall–Kier alpha value is -2.77. The summed E-state index contributed by atoms with van der Waals surface area (Å²) in [5.74, 6) is -0.406. The summed E-state index contributed by atoms with van der Waals surface area (Å²) >= 11 is 7.88. The van der Waals surface area contributed by atoms with Gasteiger partial charge >= 0.3 is 5.97 Å². The predicted molar refractivity (Wildman–Crippen MR) is 119 cm³/mol. The quantitative estimate of drug-likeness (QED) is 0.372. The lowest BCUT2D eigenvalue weighted by molar-refractivity contribution is 0.0600. The third-order valence-electron chi connectivity index (χ3n) is 4.84. The largest absolute Gasteiger partial charge is 0.465 e. The van der Waals surface area contributed by atoms with Gasteiger partial charge in [-0.3, -0.25) is 9.67 Å². The molecule has 30 heavy (non-hydrogen) atoms. The number of rotatable bonds is 5. The summed E-state index contributed by atoms with van der Waals surface area (Å²) in [5.41, 5.74) is 3.46. The second-order valence-corrected chi connectivity index (χ2v) is 8.71. The first kappa shape index (κ1) is 20.5. The molecule has 0 bridgehead atoms. The molecule has 0 saturated heterocycles. The van der Waals surface area contributed by atoms with Crippen molar-refractivity contribution in [3.63, 3.8) is 0 Å². The maximum absolute atomic E-state index is 11.9. The molecule has 0 N–H and O–H groups in total. The van der Waals surface area contributed by atoms with Crippen molar-refractivity contribution in [2.75, 3.05) is 7.11 Å². The summed E-state index contributed by atoms with van der Waals surface area (Å²) in [7, 11) is 1.36. The van der Waals surface area contributed by atoms with E-state index in [1.54, 1.807) is 24.0 Å². The molecular formula is C22H21ClN4O2S. The average Bonchev–Trinajstić information content (AvgIpc) is 3.31. The Kier molecular flexibility index (Phi) is 5.58. The molecule has 0 unspecified atom stereocenters. The van der Waals surface area contributed by atoms with Crippen LogP contribution in [0.15, 0.2) is 58.8 Å². The number of aromatic nitrogens is 4. The van der Waals surface area contributed by atoms with E-state index < -0.39 is 5.97 Å². The summed E-state index contributed by atoms with van der Waals surface area (Å²) < 4.78 is 8.91. The number of pyridine rings is 1. The van der Waals surface area contributed by atoms with E-state index in [-0.39, 0.29) is 6.04 Å². The van der Waals surface area contributed by atoms with Crippen LogP contribution in [0.1, 0.15) is 35.9 Å². The summed E-state index contributed by atoms with van der Waals surface area (Å²) in [6, 6.07) is 7.93. The predicted octanol–water partition coefficient (Wildman–Crippen LogP) is 5.70. The van der Waals surface area contributed by atoms with E-state index in [0.29, 0.717) is 10.6 Å². The fourth-order valence-electron chi connectivity index (χ4n) is 3.37. The van der Waals surface area contributed by atoms with E-state index in [2.05, 4.69) is 35.4 Å². The van der Waals surface area contributed by atoms with Crippen LogP contribution in [0.2, 0.25) is 5.02 Å². The van der Waals surface area contributed by atoms with Gasteiger partial charge in [-0.25, -0.2) is 4.79 Å². The number of halogens is 1. The van der Waals surface area contributed by atoms with Gasteiger partial charge in [0.1, 0.15) is 0 Å². The van der Waals surface area contributed by atoms with Gasteiger partial charge in [-0.05, 0) is 39.0 Å². The minimum absolute atomic E-state index is 0.269. The van der Waals surface area contributed by atoms with Crippen molar-refractivity contribution in [1.82, 2.24) is 19.3 Å². The van der Waals surface area contributed by atoms with Crippen LogP contribution in [0.3, 0.4) is 0 Å². The van der Waals surface area contributed by atoms with Crippen molar-refractivity contribution >= 4 is 40.2 Å². The number of carbonyl (C=O) groups is 1. The number of hydrogen-bond donors (Lipinski definition) is 0. The lowest BCUT2D eigenvalue weighted by atomic mass is 10.2. The van der Waals surface area contributed by atoms with Gasteiger partial charge in [-0.15, -0.1) is 0 Å². The Labute approximate surface area is 183 Å². The fourth-order valence-corrected chi connectivity index (χ4v) is 4.59. The molecule has 0 saturated carbocycles. The molecule has 0 radical (unpaired) electrons. The summed E-state index contributed by atoms with van der Waals surface area (Å²) in [5, 5.41) is 6.23. The molecule has 4 rings (SSSR count). The summed E-state index contributed by atoms with van der Waals surface area (Å²) in [4.78, 5) is 18.0. The third-order valence-corrected chi connectivity index (χ3v) is 6.25. The zero-order valence-electron chi connectivity index (χ0n) is 17.1. The highest BCUT2D eigenvalue weighted by Gasteiger charge is 2.19. The molecule has 6 nitrogen and oxygen atoms in total. The van der Waals surface area contributed by atoms with E-state index in [4.69, 9.17) is 16.3 Å². The van der Waals surface area contributed by atoms with Gasteiger partial charge in [-0.2, -0.15) is 5.10 Å². The number of esters is 1. The first-order valence-corrected chi connectivity index (χ1v) is 10.6. The van der Waals surface area contributed by atoms with E-state index in [9.17, 15) is 4.79 Å². The number of ether oxygens (including phenoxy) is 1. The molecule has 154 valence electrons. The lowest BCUT2D eigenvalue weighted by Crippen LogP contribution is -2.01. The first-order chi connectivity index (χ1) is 14.4. The van der Waals surface area contributed by atoms with Gasteiger partial charge in [0.25, 0.3) is 0 Å². The van der Waals surface area contributed by atoms with E-state index in [1.807, 2.05) is 35.3 Å². The van der Waals surface area contributed by atoms with Gasteiger partial charge in [0, 0.05) is 50.5 Å². The van der Waals surface area contributed by atoms with Crippen LogP contribution >= 0.6 is 23.4 Å². The first-order valence-electron chi connectivity index (χ1n) is 9.45. The van der Waals surface area contributed by atoms with Crippen LogP contribution in [0.4, 0.5) is 0 Å². The van der Waals surface area contributed by atoms with Crippen LogP contribution in [0.25, 0.3) is 16.6 Å². The second-order valence-electron chi connectivity index (χ2n) is 7.19. The van der Waals surface area contributed by atoms with Crippen LogP contribution in [-0.4, -0.2) is 32.4 Å². The number of methoxy groups -OCH3 is 1. The SMILES string of the molecule is COC(=O)c1cncc(Sc2c(C)n(-c3cnn(C(C)C)c3)c3cc(Cl)ccc23)c1. The topological polar surface area (TPSA) is 61.9 Å². The molecule has 0 aliphatic heterocycles. The number of benzene rings is 1. The molecule has 0 amide bonds. The second kappa shape index (κ2) is 8.16. The molecule has 0 aliphatic rings. The van der Waals surface area contributed by atoms with Gasteiger partial charge in [0.2, 0.25) is 0 Å². The van der Waals surface area contributed by atoms with E-state index in [1.165, 1.54) is 13.3 Å². The zero-order valence-corrected chi connectivity index (χ0v) is 18.7. The maximum atomic E-state index is 11.9. The highest BCUT2D eigenvalue weighted by molar-refractivity contribution is 7.99. The minimum atomic E-state index is -0.406. The van der Waals surface area contributed by atoms with Crippen LogP contribution in [0.5, 0.6) is 0 Å². The molecule has 8 heteroatoms. The molecule has 3 aromatic heterocycles. The third kappa shape index (κ3) is 3.70. The van der Waals surface area contributed by atoms with Crippen LogP contribution in [-0.2, 0) is 4.74 Å². The minimum Gasteiger partial charge on any atom is -0.465 e. The number of carbonyl (C=O) groups excluding carboxylic acids is 1. The van der Waals surface area contributed by atoms with Crippen molar-refractivity contribution in [2.24, 2.45) is 0 Å². The molecule has 3 heterocycles. The van der Waals surface area contributed by atoms with Crippen molar-refractivity contribution in [3.05, 3.63) is 65.3 Å². The number of nitrogens with zero attached hydrogens (tertiary/aromatic N) is 4. The van der Waals surface area contributed by atoms with Crippen molar-refractivity contribution in [2.45, 2.75) is 36.6 Å².